The molecule has 3 rings (SSSR count). The van der Waals surface area contributed by atoms with Gasteiger partial charge in [0.25, 0.3) is 5.91 Å². The standard InChI is InChI=1S/C39H57FN4O7S.CH4/c1-9-24(4)30(20-34(46)32-12-10-11-17-43(32)7)38(48)44(8)33(23(2)3)21-35(51-26(6)45)37-42-31(22-52-37)36(47)41-29(18-25(5)39(49)50)19-27-13-15-28(40)16-14-27;/h13-16,22-25,29-30,32-33,35H,9-12,17-21H2,1-8H3,(H,41,47)(H,49,50);1H4/t24-,25-,29+,30?,32?,33+,35+;/m0./s1. The summed E-state index contributed by atoms with van der Waals surface area (Å²) in [6.07, 6.45) is 3.57. The number of ketones is 1. The van der Waals surface area contributed by atoms with Crippen LogP contribution in [0.1, 0.15) is 121 Å². The summed E-state index contributed by atoms with van der Waals surface area (Å²) in [5.74, 6) is -3.79. The first-order valence-corrected chi connectivity index (χ1v) is 19.3. The van der Waals surface area contributed by atoms with Gasteiger partial charge in [-0.25, -0.2) is 9.37 Å². The Bertz CT molecular complexity index is 1520. The zero-order valence-corrected chi connectivity index (χ0v) is 32.7. The Kier molecular flexibility index (Phi) is 18.2. The highest BCUT2D eigenvalue weighted by molar-refractivity contribution is 7.09. The molecule has 2 unspecified atom stereocenters. The number of carboxylic acids is 1. The molecule has 1 saturated heterocycles. The molecule has 1 aromatic carbocycles. The third-order valence-corrected chi connectivity index (χ3v) is 11.3. The number of esters is 1. The maximum Gasteiger partial charge on any atom is 0.306 e. The highest BCUT2D eigenvalue weighted by atomic mass is 32.1. The van der Waals surface area contributed by atoms with Crippen molar-refractivity contribution in [1.29, 1.82) is 0 Å². The number of nitrogens with zero attached hydrogens (tertiary/aromatic N) is 3. The van der Waals surface area contributed by atoms with Gasteiger partial charge in [-0.05, 0) is 68.8 Å². The summed E-state index contributed by atoms with van der Waals surface area (Å²) in [5.41, 5.74) is 0.815. The normalized spacial score (nSPS) is 18.1. The fourth-order valence-corrected chi connectivity index (χ4v) is 7.84. The Morgan fingerprint density at radius 1 is 1.09 bits per heavy atom. The zero-order chi connectivity index (χ0) is 38.7. The van der Waals surface area contributed by atoms with E-state index in [-0.39, 0.29) is 74.4 Å². The maximum absolute atomic E-state index is 14.2. The molecule has 2 N–H and O–H groups in total. The summed E-state index contributed by atoms with van der Waals surface area (Å²) in [6, 6.07) is 4.68. The molecule has 53 heavy (non-hydrogen) atoms. The Hall–Kier alpha value is -3.71. The van der Waals surface area contributed by atoms with Gasteiger partial charge in [-0.2, -0.15) is 0 Å². The Balaban J connectivity index is 0.00000972. The fourth-order valence-electron chi connectivity index (χ4n) is 7.00. The Labute approximate surface area is 319 Å². The largest absolute Gasteiger partial charge is 0.481 e. The summed E-state index contributed by atoms with van der Waals surface area (Å²) >= 11 is 1.15. The number of hydrogen-bond donors (Lipinski definition) is 2. The molecule has 1 aliphatic heterocycles. The van der Waals surface area contributed by atoms with E-state index in [2.05, 4.69) is 15.2 Å². The summed E-state index contributed by atoms with van der Waals surface area (Å²) in [6.45, 7) is 11.7. The van der Waals surface area contributed by atoms with Crippen molar-refractivity contribution >= 4 is 40.9 Å². The van der Waals surface area contributed by atoms with Crippen LogP contribution in [0.3, 0.4) is 0 Å². The minimum atomic E-state index is -0.999. The van der Waals surface area contributed by atoms with Crippen LogP contribution < -0.4 is 5.32 Å². The molecule has 0 aliphatic carbocycles. The van der Waals surface area contributed by atoms with E-state index in [1.165, 1.54) is 19.1 Å². The van der Waals surface area contributed by atoms with E-state index in [0.717, 1.165) is 49.1 Å². The van der Waals surface area contributed by atoms with E-state index >= 15 is 0 Å². The molecular formula is C40H61FN4O7S. The van der Waals surface area contributed by atoms with Gasteiger partial charge in [-0.3, -0.25) is 28.9 Å². The number of piperidine rings is 1. The van der Waals surface area contributed by atoms with Crippen molar-refractivity contribution in [2.24, 2.45) is 23.7 Å². The molecule has 2 aromatic rings. The van der Waals surface area contributed by atoms with Crippen molar-refractivity contribution in [3.05, 3.63) is 51.7 Å². The molecule has 1 fully saturated rings. The van der Waals surface area contributed by atoms with Crippen LogP contribution in [0.5, 0.6) is 0 Å². The van der Waals surface area contributed by atoms with Crippen LogP contribution in [0.15, 0.2) is 29.6 Å². The van der Waals surface area contributed by atoms with Gasteiger partial charge in [-0.15, -0.1) is 11.3 Å². The van der Waals surface area contributed by atoms with Gasteiger partial charge in [-0.1, -0.05) is 67.0 Å². The lowest BCUT2D eigenvalue weighted by atomic mass is 9.83. The number of hydrogen-bond acceptors (Lipinski definition) is 9. The van der Waals surface area contributed by atoms with Gasteiger partial charge < -0.3 is 20.1 Å². The number of halogens is 1. The smallest absolute Gasteiger partial charge is 0.306 e. The molecule has 0 spiro atoms. The minimum Gasteiger partial charge on any atom is -0.481 e. The van der Waals surface area contributed by atoms with Crippen LogP contribution >= 0.6 is 11.3 Å². The maximum atomic E-state index is 14.2. The van der Waals surface area contributed by atoms with Crippen LogP contribution in [-0.4, -0.2) is 88.2 Å². The van der Waals surface area contributed by atoms with Crippen molar-refractivity contribution in [1.82, 2.24) is 20.1 Å². The van der Waals surface area contributed by atoms with Gasteiger partial charge in [0.15, 0.2) is 11.9 Å². The first-order chi connectivity index (χ1) is 24.5. The second kappa shape index (κ2) is 21.2. The molecule has 2 heterocycles. The Morgan fingerprint density at radius 3 is 2.32 bits per heavy atom. The quantitative estimate of drug-likeness (QED) is 0.145. The Morgan fingerprint density at radius 2 is 1.75 bits per heavy atom. The van der Waals surface area contributed by atoms with Crippen LogP contribution in [0.2, 0.25) is 0 Å². The van der Waals surface area contributed by atoms with Crippen molar-refractivity contribution in [2.75, 3.05) is 20.6 Å². The zero-order valence-electron chi connectivity index (χ0n) is 31.9. The van der Waals surface area contributed by atoms with Crippen molar-refractivity contribution in [3.8, 4) is 0 Å². The average Bonchev–Trinajstić information content (AvgIpc) is 3.59. The third-order valence-electron chi connectivity index (χ3n) is 10.4. The van der Waals surface area contributed by atoms with Crippen LogP contribution in [0.4, 0.5) is 4.39 Å². The number of amides is 2. The van der Waals surface area contributed by atoms with Crippen LogP contribution in [-0.2, 0) is 30.3 Å². The number of carboxylic acid groups (broad SMARTS) is 1. The van der Waals surface area contributed by atoms with Gasteiger partial charge in [0.1, 0.15) is 16.5 Å². The molecule has 2 amide bonds. The number of carbonyl (C=O) groups is 5. The molecule has 13 heteroatoms. The molecule has 0 saturated carbocycles. The van der Waals surface area contributed by atoms with Crippen LogP contribution in [0.25, 0.3) is 0 Å². The number of likely N-dealkylation sites (tertiary alicyclic amines) is 1. The number of nitrogens with one attached hydrogen (secondary N) is 1. The summed E-state index contributed by atoms with van der Waals surface area (Å²) in [7, 11) is 3.71. The number of likely N-dealkylation sites (N-methyl/N-ethyl adjacent to an activating group) is 1. The number of ether oxygens (including phenoxy) is 1. The van der Waals surface area contributed by atoms with Crippen molar-refractivity contribution < 1.29 is 38.2 Å². The summed E-state index contributed by atoms with van der Waals surface area (Å²) < 4.78 is 19.3. The second-order valence-electron chi connectivity index (χ2n) is 14.8. The second-order valence-corrected chi connectivity index (χ2v) is 15.7. The lowest BCUT2D eigenvalue weighted by Gasteiger charge is -2.37. The summed E-state index contributed by atoms with van der Waals surface area (Å²) in [4.78, 5) is 73.5. The van der Waals surface area contributed by atoms with E-state index in [9.17, 15) is 33.5 Å². The number of aliphatic carboxylic acids is 1. The lowest BCUT2D eigenvalue weighted by molar-refractivity contribution is -0.149. The highest BCUT2D eigenvalue weighted by Crippen LogP contribution is 2.33. The first-order valence-electron chi connectivity index (χ1n) is 18.4. The number of Topliss-reactive ketones (excluding diaryl/α,β-unsaturated/α-hetero) is 1. The molecule has 1 aromatic heterocycles. The van der Waals surface area contributed by atoms with Gasteiger partial charge in [0.05, 0.1) is 12.0 Å². The predicted molar refractivity (Wildman–Crippen MR) is 205 cm³/mol. The monoisotopic (exact) mass is 760 g/mol. The third kappa shape index (κ3) is 13.3. The minimum absolute atomic E-state index is 0. The van der Waals surface area contributed by atoms with Crippen molar-refractivity contribution in [2.45, 2.75) is 125 Å². The van der Waals surface area contributed by atoms with E-state index in [1.54, 1.807) is 36.4 Å². The van der Waals surface area contributed by atoms with E-state index < -0.39 is 47.6 Å². The van der Waals surface area contributed by atoms with Gasteiger partial charge in [0.2, 0.25) is 5.91 Å². The highest BCUT2D eigenvalue weighted by Gasteiger charge is 2.37. The summed E-state index contributed by atoms with van der Waals surface area (Å²) in [5, 5.41) is 14.4. The van der Waals surface area contributed by atoms with Gasteiger partial charge in [0, 0.05) is 50.2 Å². The number of benzene rings is 1. The lowest BCUT2D eigenvalue weighted by Crippen LogP contribution is -2.48. The number of rotatable bonds is 19. The molecular weight excluding hydrogens is 700 g/mol. The topological polar surface area (TPSA) is 146 Å². The first kappa shape index (κ1) is 45.4. The predicted octanol–water partition coefficient (Wildman–Crippen LogP) is 6.95. The average molecular weight is 761 g/mol. The SMILES string of the molecule is C.CC[C@H](C)C(CC(=O)C1CCCCN1C)C(=O)N(C)[C@H](C[C@@H](OC(C)=O)c1nc(C(=O)N[C@@H](Cc2ccc(F)cc2)C[C@H](C)C(=O)O)cs1)C(C)C. The fraction of sp³-hybridized carbons (Fsp3) is 0.650. The molecule has 0 bridgehead atoms. The van der Waals surface area contributed by atoms with E-state index in [0.29, 0.717) is 5.01 Å². The number of thiazole rings is 1. The van der Waals surface area contributed by atoms with Crippen LogP contribution in [0, 0.1) is 29.5 Å². The van der Waals surface area contributed by atoms with Gasteiger partial charge >= 0.3 is 11.9 Å². The van der Waals surface area contributed by atoms with E-state index in [4.69, 9.17) is 4.74 Å². The molecule has 1 aliphatic rings. The number of aromatic nitrogens is 1. The number of carbonyl (C=O) groups excluding carboxylic acids is 4. The molecule has 0 radical (unpaired) electrons. The molecule has 11 nitrogen and oxygen atoms in total. The molecule has 7 atom stereocenters. The molecule has 296 valence electrons. The van der Waals surface area contributed by atoms with E-state index in [1.807, 2.05) is 34.7 Å². The van der Waals surface area contributed by atoms with Crippen molar-refractivity contribution in [3.63, 3.8) is 0 Å².